The highest BCUT2D eigenvalue weighted by Crippen LogP contribution is 2.16. The number of anilines is 2. The van der Waals surface area contributed by atoms with Gasteiger partial charge in [0.1, 0.15) is 0 Å². The van der Waals surface area contributed by atoms with Crippen LogP contribution in [0.4, 0.5) is 11.4 Å². The highest BCUT2D eigenvalue weighted by Gasteiger charge is 2.16. The third-order valence-electron chi connectivity index (χ3n) is 4.62. The second kappa shape index (κ2) is 10.2. The van der Waals surface area contributed by atoms with Gasteiger partial charge in [-0.05, 0) is 73.5 Å². The van der Waals surface area contributed by atoms with Crippen LogP contribution in [0.25, 0.3) is 0 Å². The van der Waals surface area contributed by atoms with Gasteiger partial charge >= 0.3 is 11.9 Å². The van der Waals surface area contributed by atoms with Gasteiger partial charge in [-0.2, -0.15) is 0 Å². The number of nitrogens with one attached hydrogen (secondary N) is 2. The summed E-state index contributed by atoms with van der Waals surface area (Å²) in [7, 11) is 0. The molecule has 0 aliphatic carbocycles. The van der Waals surface area contributed by atoms with Gasteiger partial charge < -0.3 is 20.5 Å². The maximum atomic E-state index is 12.4. The molecule has 0 atom stereocenters. The zero-order valence-electron chi connectivity index (χ0n) is 18.0. The molecule has 0 heterocycles. The van der Waals surface area contributed by atoms with E-state index in [0.29, 0.717) is 11.4 Å². The Morgan fingerprint density at radius 1 is 0.788 bits per heavy atom. The molecule has 0 radical (unpaired) electrons. The fraction of sp³-hybridized carbons (Fsp3) is 0.120. The first-order chi connectivity index (χ1) is 15.7. The minimum absolute atomic E-state index is 0.0169. The number of amides is 2. The number of hydrogen-bond acceptors (Lipinski definition) is 5. The molecule has 0 fully saturated rings. The summed E-state index contributed by atoms with van der Waals surface area (Å²) in [6, 6.07) is 17.3. The summed E-state index contributed by atoms with van der Waals surface area (Å²) in [6.07, 6.45) is 0. The van der Waals surface area contributed by atoms with Crippen LogP contribution in [0.15, 0.2) is 66.7 Å². The lowest BCUT2D eigenvalue weighted by Gasteiger charge is -2.10. The fourth-order valence-electron chi connectivity index (χ4n) is 3.21. The monoisotopic (exact) mass is 446 g/mol. The van der Waals surface area contributed by atoms with Crippen molar-refractivity contribution in [1.82, 2.24) is 0 Å². The topological polar surface area (TPSA) is 122 Å². The van der Waals surface area contributed by atoms with E-state index in [9.17, 15) is 24.3 Å². The molecule has 0 saturated heterocycles. The number of rotatable bonds is 7. The molecule has 0 aliphatic heterocycles. The Labute approximate surface area is 190 Å². The maximum absolute atomic E-state index is 12.4. The summed E-state index contributed by atoms with van der Waals surface area (Å²) in [5.41, 5.74) is 3.08. The van der Waals surface area contributed by atoms with Crippen LogP contribution in [0.3, 0.4) is 0 Å². The van der Waals surface area contributed by atoms with Crippen molar-refractivity contribution in [3.8, 4) is 0 Å². The lowest BCUT2D eigenvalue weighted by Crippen LogP contribution is -2.21. The van der Waals surface area contributed by atoms with Crippen molar-refractivity contribution in [1.29, 1.82) is 0 Å². The molecular formula is C25H22N2O6. The quantitative estimate of drug-likeness (QED) is 0.471. The summed E-state index contributed by atoms with van der Waals surface area (Å²) in [6.45, 7) is 3.38. The van der Waals surface area contributed by atoms with Gasteiger partial charge in [0, 0.05) is 11.4 Å². The van der Waals surface area contributed by atoms with Crippen LogP contribution >= 0.6 is 0 Å². The van der Waals surface area contributed by atoms with Crippen LogP contribution in [0.1, 0.15) is 42.2 Å². The molecule has 0 aliphatic rings. The number of hydrogen-bond donors (Lipinski definition) is 3. The van der Waals surface area contributed by atoms with Gasteiger partial charge in [0.25, 0.3) is 11.8 Å². The summed E-state index contributed by atoms with van der Waals surface area (Å²) in [5.74, 6) is -2.96. The third kappa shape index (κ3) is 6.27. The van der Waals surface area contributed by atoms with E-state index in [1.165, 1.54) is 42.5 Å². The smallest absolute Gasteiger partial charge is 0.338 e. The van der Waals surface area contributed by atoms with E-state index in [2.05, 4.69) is 10.6 Å². The number of aromatic carboxylic acids is 1. The molecule has 3 rings (SSSR count). The average molecular weight is 446 g/mol. The van der Waals surface area contributed by atoms with E-state index in [1.807, 2.05) is 32.0 Å². The Hall–Kier alpha value is -4.46. The number of carbonyl (C=O) groups is 4. The van der Waals surface area contributed by atoms with Crippen LogP contribution in [0, 0.1) is 13.8 Å². The van der Waals surface area contributed by atoms with E-state index in [1.54, 1.807) is 6.07 Å². The van der Waals surface area contributed by atoms with E-state index >= 15 is 0 Å². The Bertz CT molecular complexity index is 1200. The van der Waals surface area contributed by atoms with E-state index in [-0.39, 0.29) is 16.7 Å². The van der Waals surface area contributed by atoms with E-state index < -0.39 is 30.4 Å². The van der Waals surface area contributed by atoms with Crippen LogP contribution in [0.5, 0.6) is 0 Å². The Kier molecular flexibility index (Phi) is 7.20. The number of ether oxygens (including phenoxy) is 1. The van der Waals surface area contributed by atoms with Crippen molar-refractivity contribution < 1.29 is 29.0 Å². The highest BCUT2D eigenvalue weighted by molar-refractivity contribution is 6.10. The van der Waals surface area contributed by atoms with Crippen LogP contribution < -0.4 is 10.6 Å². The average Bonchev–Trinajstić information content (AvgIpc) is 2.77. The zero-order chi connectivity index (χ0) is 24.0. The molecule has 0 unspecified atom stereocenters. The number of carboxylic acids is 1. The molecule has 0 aromatic heterocycles. The largest absolute Gasteiger partial charge is 0.478 e. The van der Waals surface area contributed by atoms with Crippen molar-refractivity contribution in [2.45, 2.75) is 13.8 Å². The molecule has 168 valence electrons. The first-order valence-electron chi connectivity index (χ1n) is 10.0. The lowest BCUT2D eigenvalue weighted by atomic mass is 10.1. The SMILES string of the molecule is Cc1cc(C)cc(NC(=O)COC(=O)c2ccc(NC(=O)c3ccccc3C(=O)O)cc2)c1. The molecule has 0 spiro atoms. The summed E-state index contributed by atoms with van der Waals surface area (Å²) < 4.78 is 5.05. The molecule has 33 heavy (non-hydrogen) atoms. The minimum Gasteiger partial charge on any atom is -0.478 e. The van der Waals surface area contributed by atoms with E-state index in [0.717, 1.165) is 11.1 Å². The van der Waals surface area contributed by atoms with Gasteiger partial charge in [-0.3, -0.25) is 9.59 Å². The standard InChI is InChI=1S/C25H22N2O6/c1-15-11-16(2)13-19(12-15)26-22(28)14-33-25(32)17-7-9-18(10-8-17)27-23(29)20-5-3-4-6-21(20)24(30)31/h3-13H,14H2,1-2H3,(H,26,28)(H,27,29)(H,30,31). The van der Waals surface area contributed by atoms with Crippen molar-refractivity contribution in [2.24, 2.45) is 0 Å². The molecule has 3 aromatic rings. The predicted molar refractivity (Wildman–Crippen MR) is 123 cm³/mol. The normalized spacial score (nSPS) is 10.2. The fourth-order valence-corrected chi connectivity index (χ4v) is 3.21. The molecule has 3 aromatic carbocycles. The predicted octanol–water partition coefficient (Wildman–Crippen LogP) is 4.05. The number of aryl methyl sites for hydroxylation is 2. The van der Waals surface area contributed by atoms with Crippen molar-refractivity contribution >= 4 is 35.1 Å². The molecule has 3 N–H and O–H groups in total. The summed E-state index contributed by atoms with van der Waals surface area (Å²) in [4.78, 5) is 48.0. The van der Waals surface area contributed by atoms with Crippen molar-refractivity contribution in [3.05, 3.63) is 94.5 Å². The van der Waals surface area contributed by atoms with Gasteiger partial charge in [-0.1, -0.05) is 18.2 Å². The first kappa shape index (κ1) is 23.2. The van der Waals surface area contributed by atoms with Gasteiger partial charge in [-0.15, -0.1) is 0 Å². The Morgan fingerprint density at radius 2 is 1.39 bits per heavy atom. The zero-order valence-corrected chi connectivity index (χ0v) is 18.0. The molecular weight excluding hydrogens is 424 g/mol. The second-order valence-electron chi connectivity index (χ2n) is 7.38. The maximum Gasteiger partial charge on any atom is 0.338 e. The Morgan fingerprint density at radius 3 is 2.00 bits per heavy atom. The molecule has 0 saturated carbocycles. The van der Waals surface area contributed by atoms with Crippen molar-refractivity contribution in [2.75, 3.05) is 17.2 Å². The van der Waals surface area contributed by atoms with Crippen LogP contribution in [-0.4, -0.2) is 35.5 Å². The molecule has 2 amide bonds. The van der Waals surface area contributed by atoms with Crippen LogP contribution in [-0.2, 0) is 9.53 Å². The van der Waals surface area contributed by atoms with Crippen LogP contribution in [0.2, 0.25) is 0 Å². The minimum atomic E-state index is -1.21. The lowest BCUT2D eigenvalue weighted by molar-refractivity contribution is -0.119. The summed E-state index contributed by atoms with van der Waals surface area (Å²) in [5, 5.41) is 14.5. The number of carboxylic acid groups (broad SMARTS) is 1. The number of benzene rings is 3. The van der Waals surface area contributed by atoms with Crippen molar-refractivity contribution in [3.63, 3.8) is 0 Å². The molecule has 8 heteroatoms. The van der Waals surface area contributed by atoms with E-state index in [4.69, 9.17) is 4.74 Å². The Balaban J connectivity index is 1.56. The number of carbonyl (C=O) groups excluding carboxylic acids is 3. The molecule has 8 nitrogen and oxygen atoms in total. The third-order valence-corrected chi connectivity index (χ3v) is 4.62. The number of esters is 1. The first-order valence-corrected chi connectivity index (χ1v) is 10.0. The second-order valence-corrected chi connectivity index (χ2v) is 7.38. The van der Waals surface area contributed by atoms with Gasteiger partial charge in [-0.25, -0.2) is 9.59 Å². The summed E-state index contributed by atoms with van der Waals surface area (Å²) >= 11 is 0. The highest BCUT2D eigenvalue weighted by atomic mass is 16.5. The van der Waals surface area contributed by atoms with Gasteiger partial charge in [0.2, 0.25) is 0 Å². The van der Waals surface area contributed by atoms with Gasteiger partial charge in [0.15, 0.2) is 6.61 Å². The molecule has 0 bridgehead atoms. The van der Waals surface area contributed by atoms with Gasteiger partial charge in [0.05, 0.1) is 16.7 Å².